The van der Waals surface area contributed by atoms with E-state index < -0.39 is 0 Å². The summed E-state index contributed by atoms with van der Waals surface area (Å²) in [6.45, 7) is 0.146. The van der Waals surface area contributed by atoms with E-state index in [1.54, 1.807) is 7.05 Å². The van der Waals surface area contributed by atoms with Crippen molar-refractivity contribution in [2.24, 2.45) is 10.9 Å². The summed E-state index contributed by atoms with van der Waals surface area (Å²) in [7, 11) is 1.74. The minimum absolute atomic E-state index is 0.106. The third-order valence-electron chi connectivity index (χ3n) is 1.56. The molecule has 0 aromatic carbocycles. The van der Waals surface area contributed by atoms with Crippen LogP contribution in [0.4, 0.5) is 0 Å². The molecule has 1 rings (SSSR count). The summed E-state index contributed by atoms with van der Waals surface area (Å²) in [4.78, 5) is 4.02. The highest BCUT2D eigenvalue weighted by Crippen LogP contribution is 2.07. The van der Waals surface area contributed by atoms with Gasteiger partial charge in [-0.05, 0) is 6.08 Å². The lowest BCUT2D eigenvalue weighted by atomic mass is 10.00. The Bertz CT molecular complexity index is 191. The monoisotopic (exact) mass is 137 g/mol. The second-order valence-electron chi connectivity index (χ2n) is 2.18. The van der Waals surface area contributed by atoms with Crippen molar-refractivity contribution in [1.82, 2.24) is 0 Å². The van der Waals surface area contributed by atoms with Gasteiger partial charge in [0.05, 0.1) is 6.61 Å². The van der Waals surface area contributed by atoms with Crippen LogP contribution in [0.2, 0.25) is 0 Å². The molecule has 0 saturated heterocycles. The van der Waals surface area contributed by atoms with Crippen LogP contribution < -0.4 is 0 Å². The standard InChI is InChI=1S/C8H11NO/c1-9-8-5-3-2-4-7(8)6-10/h2-5,7,10H,6H2,1H3/t7-/m1/s1. The van der Waals surface area contributed by atoms with Gasteiger partial charge in [-0.1, -0.05) is 18.2 Å². The van der Waals surface area contributed by atoms with Crippen molar-refractivity contribution in [2.45, 2.75) is 0 Å². The molecule has 0 amide bonds. The van der Waals surface area contributed by atoms with Crippen LogP contribution in [-0.4, -0.2) is 24.5 Å². The fraction of sp³-hybridized carbons (Fsp3) is 0.375. The van der Waals surface area contributed by atoms with Gasteiger partial charge in [-0.15, -0.1) is 0 Å². The van der Waals surface area contributed by atoms with Crippen LogP contribution in [0.25, 0.3) is 0 Å². The second kappa shape index (κ2) is 3.32. The maximum absolute atomic E-state index is 8.83. The Morgan fingerprint density at radius 1 is 1.60 bits per heavy atom. The number of rotatable bonds is 1. The van der Waals surface area contributed by atoms with Gasteiger partial charge >= 0.3 is 0 Å². The maximum atomic E-state index is 8.83. The number of hydrogen-bond acceptors (Lipinski definition) is 2. The lowest BCUT2D eigenvalue weighted by Crippen LogP contribution is -2.15. The van der Waals surface area contributed by atoms with Gasteiger partial charge in [0.1, 0.15) is 0 Å². The fourth-order valence-electron chi connectivity index (χ4n) is 0.969. The first-order valence-electron chi connectivity index (χ1n) is 3.31. The first kappa shape index (κ1) is 7.22. The van der Waals surface area contributed by atoms with Crippen LogP contribution in [0.3, 0.4) is 0 Å². The van der Waals surface area contributed by atoms with Crippen molar-refractivity contribution in [1.29, 1.82) is 0 Å². The summed E-state index contributed by atoms with van der Waals surface area (Å²) >= 11 is 0. The van der Waals surface area contributed by atoms with E-state index in [1.807, 2.05) is 24.3 Å². The number of aliphatic hydroxyl groups is 1. The molecule has 1 N–H and O–H groups in total. The van der Waals surface area contributed by atoms with Crippen LogP contribution in [-0.2, 0) is 0 Å². The van der Waals surface area contributed by atoms with Gasteiger partial charge in [0.25, 0.3) is 0 Å². The van der Waals surface area contributed by atoms with Crippen molar-refractivity contribution < 1.29 is 5.11 Å². The van der Waals surface area contributed by atoms with Crippen molar-refractivity contribution in [2.75, 3.05) is 13.7 Å². The summed E-state index contributed by atoms with van der Waals surface area (Å²) in [5, 5.41) is 8.83. The van der Waals surface area contributed by atoms with E-state index in [9.17, 15) is 0 Å². The zero-order valence-corrected chi connectivity index (χ0v) is 5.99. The average Bonchev–Trinajstić information content (AvgIpc) is 2.04. The molecule has 0 radical (unpaired) electrons. The van der Waals surface area contributed by atoms with E-state index in [0.717, 1.165) is 5.71 Å². The Morgan fingerprint density at radius 3 is 2.90 bits per heavy atom. The average molecular weight is 137 g/mol. The molecule has 0 fully saturated rings. The highest BCUT2D eigenvalue weighted by molar-refractivity contribution is 5.99. The maximum Gasteiger partial charge on any atom is 0.0549 e. The molecule has 0 spiro atoms. The SMILES string of the molecule is CN=C1C=CC=C[C@@H]1CO. The van der Waals surface area contributed by atoms with Crippen LogP contribution >= 0.6 is 0 Å². The first-order chi connectivity index (χ1) is 4.88. The molecule has 0 bridgehead atoms. The second-order valence-corrected chi connectivity index (χ2v) is 2.18. The highest BCUT2D eigenvalue weighted by Gasteiger charge is 2.09. The molecular formula is C8H11NO. The molecule has 0 aromatic rings. The third kappa shape index (κ3) is 1.33. The zero-order chi connectivity index (χ0) is 7.40. The van der Waals surface area contributed by atoms with Crippen LogP contribution in [0.15, 0.2) is 29.3 Å². The quantitative estimate of drug-likeness (QED) is 0.569. The molecule has 0 aromatic heterocycles. The van der Waals surface area contributed by atoms with Crippen LogP contribution in [0.5, 0.6) is 0 Å². The predicted molar refractivity (Wildman–Crippen MR) is 42.2 cm³/mol. The van der Waals surface area contributed by atoms with Gasteiger partial charge < -0.3 is 5.11 Å². The summed E-state index contributed by atoms with van der Waals surface area (Å²) in [6, 6.07) is 0. The van der Waals surface area contributed by atoms with Gasteiger partial charge in [-0.25, -0.2) is 0 Å². The molecule has 1 atom stereocenters. The Labute approximate surface area is 60.6 Å². The van der Waals surface area contributed by atoms with Gasteiger partial charge in [-0.2, -0.15) is 0 Å². The van der Waals surface area contributed by atoms with E-state index in [1.165, 1.54) is 0 Å². The summed E-state index contributed by atoms with van der Waals surface area (Å²) in [5.74, 6) is 0.106. The Morgan fingerprint density at radius 2 is 2.40 bits per heavy atom. The molecule has 0 saturated carbocycles. The summed E-state index contributed by atoms with van der Waals surface area (Å²) < 4.78 is 0. The van der Waals surface area contributed by atoms with Crippen molar-refractivity contribution in [3.63, 3.8) is 0 Å². The van der Waals surface area contributed by atoms with E-state index >= 15 is 0 Å². The number of hydrogen-bond donors (Lipinski definition) is 1. The van der Waals surface area contributed by atoms with E-state index in [-0.39, 0.29) is 12.5 Å². The highest BCUT2D eigenvalue weighted by atomic mass is 16.3. The fourth-order valence-corrected chi connectivity index (χ4v) is 0.969. The number of allylic oxidation sites excluding steroid dienone is 3. The Hall–Kier alpha value is -0.890. The van der Waals surface area contributed by atoms with Crippen molar-refractivity contribution in [3.8, 4) is 0 Å². The molecule has 1 aliphatic rings. The molecule has 0 unspecified atom stereocenters. The lowest BCUT2D eigenvalue weighted by Gasteiger charge is -2.10. The number of aliphatic imine (C=N–C) groups is 1. The molecular weight excluding hydrogens is 126 g/mol. The largest absolute Gasteiger partial charge is 0.395 e. The predicted octanol–water partition coefficient (Wildman–Crippen LogP) is 0.792. The van der Waals surface area contributed by atoms with E-state index in [4.69, 9.17) is 5.11 Å². The van der Waals surface area contributed by atoms with Crippen LogP contribution in [0.1, 0.15) is 0 Å². The molecule has 2 heteroatoms. The normalized spacial score (nSPS) is 27.8. The van der Waals surface area contributed by atoms with Crippen LogP contribution in [0, 0.1) is 5.92 Å². The zero-order valence-electron chi connectivity index (χ0n) is 5.99. The Balaban J connectivity index is 2.74. The molecule has 0 aliphatic heterocycles. The number of aliphatic hydroxyl groups excluding tert-OH is 1. The van der Waals surface area contributed by atoms with Gasteiger partial charge in [0.2, 0.25) is 0 Å². The molecule has 54 valence electrons. The molecule has 10 heavy (non-hydrogen) atoms. The summed E-state index contributed by atoms with van der Waals surface area (Å²) in [6.07, 6.45) is 7.72. The smallest absolute Gasteiger partial charge is 0.0549 e. The van der Waals surface area contributed by atoms with Crippen molar-refractivity contribution >= 4 is 5.71 Å². The molecule has 0 heterocycles. The topological polar surface area (TPSA) is 32.6 Å². The van der Waals surface area contributed by atoms with Crippen molar-refractivity contribution in [3.05, 3.63) is 24.3 Å². The van der Waals surface area contributed by atoms with E-state index in [2.05, 4.69) is 4.99 Å². The van der Waals surface area contributed by atoms with E-state index in [0.29, 0.717) is 0 Å². The summed E-state index contributed by atoms with van der Waals surface area (Å²) in [5.41, 5.74) is 0.949. The molecule has 2 nitrogen and oxygen atoms in total. The first-order valence-corrected chi connectivity index (χ1v) is 3.31. The van der Waals surface area contributed by atoms with Gasteiger partial charge in [0, 0.05) is 18.7 Å². The van der Waals surface area contributed by atoms with Gasteiger partial charge in [-0.3, -0.25) is 4.99 Å². The Kier molecular flexibility index (Phi) is 2.40. The third-order valence-corrected chi connectivity index (χ3v) is 1.56. The minimum atomic E-state index is 0.106. The number of nitrogens with zero attached hydrogens (tertiary/aromatic N) is 1. The molecule has 1 aliphatic carbocycles. The lowest BCUT2D eigenvalue weighted by molar-refractivity contribution is 0.281. The van der Waals surface area contributed by atoms with Gasteiger partial charge in [0.15, 0.2) is 0 Å². The minimum Gasteiger partial charge on any atom is -0.395 e.